The number of rotatable bonds is 2. The van der Waals surface area contributed by atoms with E-state index >= 15 is 0 Å². The van der Waals surface area contributed by atoms with E-state index in [1.165, 1.54) is 5.56 Å². The lowest BCUT2D eigenvalue weighted by Crippen LogP contribution is -1.98. The Morgan fingerprint density at radius 3 is 2.20 bits per heavy atom. The molecule has 0 radical (unpaired) electrons. The van der Waals surface area contributed by atoms with Crippen molar-refractivity contribution in [1.82, 2.24) is 15.0 Å². The van der Waals surface area contributed by atoms with Gasteiger partial charge in [0, 0.05) is 5.69 Å². The van der Waals surface area contributed by atoms with Gasteiger partial charge in [-0.1, -0.05) is 26.0 Å². The lowest BCUT2D eigenvalue weighted by Gasteiger charge is -2.05. The maximum Gasteiger partial charge on any atom is 0.115 e. The number of aromatic nitrogens is 3. The van der Waals surface area contributed by atoms with Gasteiger partial charge in [-0.2, -0.15) is 4.80 Å². The SMILES string of the molecule is Cc1cc2nn(-c3ccc(C(C)C)cc3)nc2cc1N. The molecule has 102 valence electrons. The van der Waals surface area contributed by atoms with Gasteiger partial charge in [-0.3, -0.25) is 0 Å². The van der Waals surface area contributed by atoms with Gasteiger partial charge in [-0.25, -0.2) is 0 Å². The summed E-state index contributed by atoms with van der Waals surface area (Å²) in [6.07, 6.45) is 0. The van der Waals surface area contributed by atoms with Crippen LogP contribution in [0, 0.1) is 6.92 Å². The van der Waals surface area contributed by atoms with E-state index in [1.54, 1.807) is 4.80 Å². The van der Waals surface area contributed by atoms with E-state index in [1.807, 2.05) is 31.2 Å². The summed E-state index contributed by atoms with van der Waals surface area (Å²) in [6.45, 7) is 6.34. The molecular formula is C16H18N4. The molecule has 3 rings (SSSR count). The summed E-state index contributed by atoms with van der Waals surface area (Å²) in [7, 11) is 0. The number of aryl methyl sites for hydroxylation is 1. The van der Waals surface area contributed by atoms with Crippen molar-refractivity contribution in [2.24, 2.45) is 0 Å². The van der Waals surface area contributed by atoms with Gasteiger partial charge >= 0.3 is 0 Å². The van der Waals surface area contributed by atoms with Crippen molar-refractivity contribution in [2.75, 3.05) is 5.73 Å². The fourth-order valence-electron chi connectivity index (χ4n) is 2.19. The zero-order valence-electron chi connectivity index (χ0n) is 12.0. The van der Waals surface area contributed by atoms with E-state index in [-0.39, 0.29) is 0 Å². The van der Waals surface area contributed by atoms with Gasteiger partial charge in [-0.05, 0) is 48.2 Å². The van der Waals surface area contributed by atoms with Crippen LogP contribution in [0.3, 0.4) is 0 Å². The Bertz CT molecular complexity index is 715. The normalized spacial score (nSPS) is 11.4. The molecule has 0 aliphatic rings. The van der Waals surface area contributed by atoms with Crippen LogP contribution in [0.5, 0.6) is 0 Å². The van der Waals surface area contributed by atoms with Crippen LogP contribution in [0.25, 0.3) is 16.7 Å². The topological polar surface area (TPSA) is 56.7 Å². The molecule has 4 nitrogen and oxygen atoms in total. The molecule has 0 fully saturated rings. The quantitative estimate of drug-likeness (QED) is 0.723. The summed E-state index contributed by atoms with van der Waals surface area (Å²) in [6, 6.07) is 12.2. The highest BCUT2D eigenvalue weighted by atomic mass is 15.5. The third kappa shape index (κ3) is 2.13. The monoisotopic (exact) mass is 266 g/mol. The highest BCUT2D eigenvalue weighted by Crippen LogP contribution is 2.20. The van der Waals surface area contributed by atoms with Crippen LogP contribution in [-0.2, 0) is 0 Å². The maximum absolute atomic E-state index is 5.91. The summed E-state index contributed by atoms with van der Waals surface area (Å²) in [5.41, 5.74) is 11.6. The van der Waals surface area contributed by atoms with Gasteiger partial charge in [0.2, 0.25) is 0 Å². The first-order valence-electron chi connectivity index (χ1n) is 6.78. The minimum Gasteiger partial charge on any atom is -0.398 e. The Morgan fingerprint density at radius 1 is 1.00 bits per heavy atom. The fourth-order valence-corrected chi connectivity index (χ4v) is 2.19. The van der Waals surface area contributed by atoms with Crippen molar-refractivity contribution in [3.63, 3.8) is 0 Å². The molecule has 4 heteroatoms. The number of nitrogens with two attached hydrogens (primary N) is 1. The summed E-state index contributed by atoms with van der Waals surface area (Å²) < 4.78 is 0. The van der Waals surface area contributed by atoms with E-state index in [2.05, 4.69) is 36.2 Å². The zero-order chi connectivity index (χ0) is 14.3. The molecule has 2 N–H and O–H groups in total. The highest BCUT2D eigenvalue weighted by Gasteiger charge is 2.07. The zero-order valence-corrected chi connectivity index (χ0v) is 12.0. The van der Waals surface area contributed by atoms with Gasteiger partial charge in [-0.15, -0.1) is 10.2 Å². The molecule has 0 aliphatic heterocycles. The molecule has 0 saturated heterocycles. The standard InChI is InChI=1S/C16H18N4/c1-10(2)12-4-6-13(7-5-12)20-18-15-8-11(3)14(17)9-16(15)19-20/h4-10H,17H2,1-3H3. The van der Waals surface area contributed by atoms with Crippen LogP contribution in [0.15, 0.2) is 36.4 Å². The Morgan fingerprint density at radius 2 is 1.60 bits per heavy atom. The number of fused-ring (bicyclic) bond motifs is 1. The van der Waals surface area contributed by atoms with Crippen molar-refractivity contribution < 1.29 is 0 Å². The predicted octanol–water partition coefficient (Wildman–Crippen LogP) is 3.43. The van der Waals surface area contributed by atoms with Crippen LogP contribution < -0.4 is 5.73 Å². The number of benzene rings is 2. The molecule has 0 saturated carbocycles. The highest BCUT2D eigenvalue weighted by molar-refractivity contribution is 5.79. The Balaban J connectivity index is 2.05. The minimum absolute atomic E-state index is 0.524. The van der Waals surface area contributed by atoms with Gasteiger partial charge in [0.25, 0.3) is 0 Å². The molecular weight excluding hydrogens is 248 g/mol. The number of anilines is 1. The van der Waals surface area contributed by atoms with Crippen LogP contribution in [0.1, 0.15) is 30.9 Å². The van der Waals surface area contributed by atoms with E-state index in [0.717, 1.165) is 28.0 Å². The predicted molar refractivity (Wildman–Crippen MR) is 82.1 cm³/mol. The molecule has 0 atom stereocenters. The first-order valence-corrected chi connectivity index (χ1v) is 6.78. The Hall–Kier alpha value is -2.36. The summed E-state index contributed by atoms with van der Waals surface area (Å²) in [4.78, 5) is 1.66. The van der Waals surface area contributed by atoms with Gasteiger partial charge < -0.3 is 5.73 Å². The first kappa shape index (κ1) is 12.7. The van der Waals surface area contributed by atoms with Crippen molar-refractivity contribution in [3.8, 4) is 5.69 Å². The number of nitrogens with zero attached hydrogens (tertiary/aromatic N) is 3. The Labute approximate surface area is 118 Å². The van der Waals surface area contributed by atoms with Crippen LogP contribution in [0.4, 0.5) is 5.69 Å². The molecule has 0 bridgehead atoms. The average Bonchev–Trinajstić information content (AvgIpc) is 2.82. The fraction of sp³-hybridized carbons (Fsp3) is 0.250. The summed E-state index contributed by atoms with van der Waals surface area (Å²) in [5.74, 6) is 0.524. The van der Waals surface area contributed by atoms with Crippen molar-refractivity contribution in [3.05, 3.63) is 47.5 Å². The molecule has 0 aliphatic carbocycles. The first-order chi connectivity index (χ1) is 9.54. The second kappa shape index (κ2) is 4.63. The van der Waals surface area contributed by atoms with Crippen LogP contribution >= 0.6 is 0 Å². The lowest BCUT2D eigenvalue weighted by atomic mass is 10.0. The van der Waals surface area contributed by atoms with Crippen molar-refractivity contribution >= 4 is 16.7 Å². The van der Waals surface area contributed by atoms with Gasteiger partial charge in [0.05, 0.1) is 5.69 Å². The molecule has 1 aromatic heterocycles. The summed E-state index contributed by atoms with van der Waals surface area (Å²) >= 11 is 0. The second-order valence-corrected chi connectivity index (χ2v) is 5.43. The molecule has 1 heterocycles. The minimum atomic E-state index is 0.524. The number of hydrogen-bond donors (Lipinski definition) is 1. The third-order valence-electron chi connectivity index (χ3n) is 3.56. The number of nitrogen functional groups attached to an aromatic ring is 1. The van der Waals surface area contributed by atoms with Crippen LogP contribution in [-0.4, -0.2) is 15.0 Å². The average molecular weight is 266 g/mol. The molecule has 0 spiro atoms. The third-order valence-corrected chi connectivity index (χ3v) is 3.56. The largest absolute Gasteiger partial charge is 0.398 e. The van der Waals surface area contributed by atoms with E-state index in [0.29, 0.717) is 5.92 Å². The smallest absolute Gasteiger partial charge is 0.115 e. The molecule has 20 heavy (non-hydrogen) atoms. The molecule has 0 amide bonds. The van der Waals surface area contributed by atoms with E-state index in [9.17, 15) is 0 Å². The van der Waals surface area contributed by atoms with E-state index in [4.69, 9.17) is 5.73 Å². The lowest BCUT2D eigenvalue weighted by molar-refractivity contribution is 0.763. The molecule has 3 aromatic rings. The summed E-state index contributed by atoms with van der Waals surface area (Å²) in [5, 5.41) is 8.99. The maximum atomic E-state index is 5.91. The van der Waals surface area contributed by atoms with Crippen molar-refractivity contribution in [1.29, 1.82) is 0 Å². The van der Waals surface area contributed by atoms with Crippen LogP contribution in [0.2, 0.25) is 0 Å². The van der Waals surface area contributed by atoms with Gasteiger partial charge in [0.1, 0.15) is 11.0 Å². The van der Waals surface area contributed by atoms with E-state index < -0.39 is 0 Å². The Kier molecular flexibility index (Phi) is 2.93. The van der Waals surface area contributed by atoms with Gasteiger partial charge in [0.15, 0.2) is 0 Å². The molecule has 2 aromatic carbocycles. The number of hydrogen-bond acceptors (Lipinski definition) is 3. The second-order valence-electron chi connectivity index (χ2n) is 5.43. The molecule has 0 unspecified atom stereocenters. The van der Waals surface area contributed by atoms with Crippen molar-refractivity contribution in [2.45, 2.75) is 26.7 Å².